The smallest absolute Gasteiger partial charge is 0.264 e. The standard InChI is InChI=1S/C27H32N2O6S2/c1-5-35-22-10-8-21(9-11-22)29(37(31,32)24-14-15-25(33-3)26(18-24)34-4)19-27(30)28-16-17-36-23-12-6-20(2)7-13-23/h6-15,18H,5,16-17,19H2,1-4H3,(H,28,30). The maximum Gasteiger partial charge on any atom is 0.264 e. The summed E-state index contributed by atoms with van der Waals surface area (Å²) in [5.41, 5.74) is 1.52. The van der Waals surface area contributed by atoms with E-state index in [2.05, 4.69) is 5.32 Å². The molecular formula is C27H32N2O6S2. The fraction of sp³-hybridized carbons (Fsp3) is 0.296. The van der Waals surface area contributed by atoms with Crippen LogP contribution in [-0.4, -0.2) is 54.0 Å². The lowest BCUT2D eigenvalue weighted by Gasteiger charge is -2.24. The molecule has 0 atom stereocenters. The molecule has 0 fully saturated rings. The second-order valence-corrected chi connectivity index (χ2v) is 11.0. The van der Waals surface area contributed by atoms with Gasteiger partial charge in [0, 0.05) is 23.3 Å². The van der Waals surface area contributed by atoms with Gasteiger partial charge in [-0.25, -0.2) is 8.42 Å². The van der Waals surface area contributed by atoms with Crippen molar-refractivity contribution in [1.29, 1.82) is 0 Å². The zero-order valence-corrected chi connectivity index (χ0v) is 23.0. The van der Waals surface area contributed by atoms with Crippen LogP contribution in [0.1, 0.15) is 12.5 Å². The van der Waals surface area contributed by atoms with Crippen LogP contribution in [0.15, 0.2) is 76.5 Å². The number of methoxy groups -OCH3 is 2. The molecule has 37 heavy (non-hydrogen) atoms. The van der Waals surface area contributed by atoms with Crippen molar-refractivity contribution in [2.45, 2.75) is 23.6 Å². The number of rotatable bonds is 13. The number of hydrogen-bond acceptors (Lipinski definition) is 7. The minimum Gasteiger partial charge on any atom is -0.494 e. The molecule has 0 unspecified atom stereocenters. The van der Waals surface area contributed by atoms with Crippen molar-refractivity contribution in [2.24, 2.45) is 0 Å². The quantitative estimate of drug-likeness (QED) is 0.250. The van der Waals surface area contributed by atoms with Crippen LogP contribution in [0.25, 0.3) is 0 Å². The van der Waals surface area contributed by atoms with Gasteiger partial charge < -0.3 is 19.5 Å². The Hall–Kier alpha value is -3.37. The third kappa shape index (κ3) is 7.56. The van der Waals surface area contributed by atoms with Gasteiger partial charge in [0.25, 0.3) is 10.0 Å². The van der Waals surface area contributed by atoms with Crippen LogP contribution in [0.5, 0.6) is 17.2 Å². The number of nitrogens with one attached hydrogen (secondary N) is 1. The Kier molecular flexibility index (Phi) is 10.1. The zero-order valence-electron chi connectivity index (χ0n) is 21.4. The van der Waals surface area contributed by atoms with Crippen LogP contribution in [0, 0.1) is 6.92 Å². The van der Waals surface area contributed by atoms with Gasteiger partial charge in [0.05, 0.1) is 31.4 Å². The lowest BCUT2D eigenvalue weighted by Crippen LogP contribution is -2.41. The maximum atomic E-state index is 13.7. The number of nitrogens with zero attached hydrogens (tertiary/aromatic N) is 1. The molecule has 198 valence electrons. The summed E-state index contributed by atoms with van der Waals surface area (Å²) >= 11 is 1.62. The monoisotopic (exact) mass is 544 g/mol. The first-order valence-corrected chi connectivity index (χ1v) is 14.1. The minimum atomic E-state index is -4.12. The van der Waals surface area contributed by atoms with E-state index in [-0.39, 0.29) is 17.2 Å². The van der Waals surface area contributed by atoms with E-state index in [4.69, 9.17) is 14.2 Å². The van der Waals surface area contributed by atoms with Gasteiger partial charge in [-0.05, 0) is 62.4 Å². The van der Waals surface area contributed by atoms with E-state index in [0.717, 1.165) is 9.20 Å². The van der Waals surface area contributed by atoms with E-state index >= 15 is 0 Å². The molecule has 8 nitrogen and oxygen atoms in total. The predicted molar refractivity (Wildman–Crippen MR) is 147 cm³/mol. The van der Waals surface area contributed by atoms with Gasteiger partial charge in [0.2, 0.25) is 5.91 Å². The van der Waals surface area contributed by atoms with Gasteiger partial charge in [-0.1, -0.05) is 17.7 Å². The first-order chi connectivity index (χ1) is 17.8. The van der Waals surface area contributed by atoms with Gasteiger partial charge in [-0.3, -0.25) is 9.10 Å². The first kappa shape index (κ1) is 28.2. The lowest BCUT2D eigenvalue weighted by molar-refractivity contribution is -0.119. The van der Waals surface area contributed by atoms with E-state index in [0.29, 0.717) is 36.1 Å². The molecule has 0 radical (unpaired) electrons. The van der Waals surface area contributed by atoms with E-state index < -0.39 is 15.9 Å². The van der Waals surface area contributed by atoms with Crippen molar-refractivity contribution in [1.82, 2.24) is 5.32 Å². The average molecular weight is 545 g/mol. The van der Waals surface area contributed by atoms with Crippen LogP contribution in [0.2, 0.25) is 0 Å². The molecule has 0 spiro atoms. The summed E-state index contributed by atoms with van der Waals surface area (Å²) in [4.78, 5) is 13.9. The molecule has 1 amide bonds. The van der Waals surface area contributed by atoms with Crippen molar-refractivity contribution in [3.05, 3.63) is 72.3 Å². The van der Waals surface area contributed by atoms with E-state index in [1.165, 1.54) is 38.0 Å². The molecular weight excluding hydrogens is 512 g/mol. The van der Waals surface area contributed by atoms with Gasteiger partial charge >= 0.3 is 0 Å². The SMILES string of the molecule is CCOc1ccc(N(CC(=O)NCCSc2ccc(C)cc2)S(=O)(=O)c2ccc(OC)c(OC)c2)cc1. The second kappa shape index (κ2) is 13.3. The Morgan fingerprint density at radius 1 is 0.946 bits per heavy atom. The van der Waals surface area contributed by atoms with Crippen LogP contribution < -0.4 is 23.8 Å². The summed E-state index contributed by atoms with van der Waals surface area (Å²) in [6.07, 6.45) is 0. The number of hydrogen-bond donors (Lipinski definition) is 1. The van der Waals surface area contributed by atoms with Crippen molar-refractivity contribution < 1.29 is 27.4 Å². The first-order valence-electron chi connectivity index (χ1n) is 11.7. The topological polar surface area (TPSA) is 94.2 Å². The number of benzene rings is 3. The molecule has 3 rings (SSSR count). The van der Waals surface area contributed by atoms with Gasteiger partial charge in [0.15, 0.2) is 11.5 Å². The molecule has 3 aromatic rings. The van der Waals surface area contributed by atoms with Crippen molar-refractivity contribution in [3.8, 4) is 17.2 Å². The van der Waals surface area contributed by atoms with E-state index in [1.54, 1.807) is 36.0 Å². The number of aryl methyl sites for hydroxylation is 1. The van der Waals surface area contributed by atoms with Crippen molar-refractivity contribution >= 4 is 33.4 Å². The number of carbonyl (C=O) groups excluding carboxylic acids is 1. The lowest BCUT2D eigenvalue weighted by atomic mass is 10.2. The summed E-state index contributed by atoms with van der Waals surface area (Å²) in [5, 5.41) is 2.83. The number of ether oxygens (including phenoxy) is 3. The summed E-state index contributed by atoms with van der Waals surface area (Å²) in [6, 6.07) is 19.0. The molecule has 0 bridgehead atoms. The van der Waals surface area contributed by atoms with Crippen molar-refractivity contribution in [3.63, 3.8) is 0 Å². The largest absolute Gasteiger partial charge is 0.494 e. The average Bonchev–Trinajstić information content (AvgIpc) is 2.91. The third-order valence-corrected chi connectivity index (χ3v) is 8.16. The molecule has 0 saturated heterocycles. The molecule has 0 saturated carbocycles. The summed E-state index contributed by atoms with van der Waals surface area (Å²) in [5.74, 6) is 1.51. The Morgan fingerprint density at radius 2 is 1.62 bits per heavy atom. The van der Waals surface area contributed by atoms with Gasteiger partial charge in [-0.2, -0.15) is 0 Å². The molecule has 0 aliphatic rings. The normalized spacial score (nSPS) is 11.0. The fourth-order valence-electron chi connectivity index (χ4n) is 3.47. The number of anilines is 1. The van der Waals surface area contributed by atoms with Crippen LogP contribution in [0.3, 0.4) is 0 Å². The highest BCUT2D eigenvalue weighted by molar-refractivity contribution is 7.99. The van der Waals surface area contributed by atoms with E-state index in [1.807, 2.05) is 38.1 Å². The highest BCUT2D eigenvalue weighted by atomic mass is 32.2. The molecule has 1 N–H and O–H groups in total. The predicted octanol–water partition coefficient (Wildman–Crippen LogP) is 4.51. The zero-order chi connectivity index (χ0) is 26.8. The van der Waals surface area contributed by atoms with Gasteiger partial charge in [-0.15, -0.1) is 11.8 Å². The molecule has 3 aromatic carbocycles. The highest BCUT2D eigenvalue weighted by Gasteiger charge is 2.28. The maximum absolute atomic E-state index is 13.7. The van der Waals surface area contributed by atoms with Crippen LogP contribution >= 0.6 is 11.8 Å². The Labute approximate surface area is 223 Å². The Bertz CT molecular complexity index is 1280. The second-order valence-electron chi connectivity index (χ2n) is 7.97. The van der Waals surface area contributed by atoms with Gasteiger partial charge in [0.1, 0.15) is 12.3 Å². The number of thioether (sulfide) groups is 1. The number of amides is 1. The summed E-state index contributed by atoms with van der Waals surface area (Å²) in [6.45, 7) is 4.38. The van der Waals surface area contributed by atoms with E-state index in [9.17, 15) is 13.2 Å². The molecule has 0 aromatic heterocycles. The summed E-state index contributed by atoms with van der Waals surface area (Å²) in [7, 11) is -1.22. The fourth-order valence-corrected chi connectivity index (χ4v) is 5.68. The molecule has 0 aliphatic carbocycles. The van der Waals surface area contributed by atoms with Crippen LogP contribution in [0.4, 0.5) is 5.69 Å². The molecule has 10 heteroatoms. The minimum absolute atomic E-state index is 0.0261. The Morgan fingerprint density at radius 3 is 2.24 bits per heavy atom. The number of carbonyl (C=O) groups is 1. The highest BCUT2D eigenvalue weighted by Crippen LogP contribution is 2.32. The van der Waals surface area contributed by atoms with Crippen molar-refractivity contribution in [2.75, 3.05) is 44.0 Å². The summed E-state index contributed by atoms with van der Waals surface area (Å²) < 4.78 is 44.5. The molecule has 0 heterocycles. The third-order valence-electron chi connectivity index (χ3n) is 5.38. The molecule has 0 aliphatic heterocycles. The number of sulfonamides is 1. The van der Waals surface area contributed by atoms with Crippen LogP contribution in [-0.2, 0) is 14.8 Å². The Balaban J connectivity index is 1.79.